The Kier molecular flexibility index (Phi) is 6.63. The second kappa shape index (κ2) is 10.9. The molecule has 8 nitrogen and oxygen atoms in total. The molecule has 0 unspecified atom stereocenters. The normalized spacial score (nSPS) is 17.6. The molecule has 3 aliphatic carbocycles. The summed E-state index contributed by atoms with van der Waals surface area (Å²) < 4.78 is 4.26. The van der Waals surface area contributed by atoms with Gasteiger partial charge >= 0.3 is 0 Å². The first-order valence-corrected chi connectivity index (χ1v) is 18.6. The molecule has 51 heavy (non-hydrogen) atoms. The molecule has 4 aromatic heterocycles. The number of carbonyl (C=O) groups is 2. The van der Waals surface area contributed by atoms with Crippen molar-refractivity contribution in [3.63, 3.8) is 0 Å². The van der Waals surface area contributed by atoms with E-state index in [9.17, 15) is 25.4 Å². The molecular formula is C39H16N6O2S4. The molecule has 0 fully saturated rings. The summed E-state index contributed by atoms with van der Waals surface area (Å²) >= 11 is 6.35. The van der Waals surface area contributed by atoms with Crippen molar-refractivity contribution in [2.24, 2.45) is 9.98 Å². The van der Waals surface area contributed by atoms with Gasteiger partial charge in [0.2, 0.25) is 11.6 Å². The van der Waals surface area contributed by atoms with Gasteiger partial charge < -0.3 is 0 Å². The van der Waals surface area contributed by atoms with Gasteiger partial charge in [-0.05, 0) is 34.4 Å². The number of aliphatic imine (C=N–C) groups is 2. The number of hydrogen-bond donors (Lipinski definition) is 0. The van der Waals surface area contributed by atoms with Gasteiger partial charge in [0, 0.05) is 37.1 Å². The van der Waals surface area contributed by atoms with E-state index < -0.39 is 0 Å². The van der Waals surface area contributed by atoms with Gasteiger partial charge in [-0.2, -0.15) is 10.5 Å². The minimum absolute atomic E-state index is 0.104. The molecule has 0 radical (unpaired) electrons. The highest BCUT2D eigenvalue weighted by Gasteiger charge is 2.43. The molecule has 0 aliphatic heterocycles. The average Bonchev–Trinajstić information content (AvgIpc) is 3.97. The average molecular weight is 729 g/mol. The van der Waals surface area contributed by atoms with E-state index in [0.29, 0.717) is 32.3 Å². The predicted molar refractivity (Wildman–Crippen MR) is 204 cm³/mol. The molecule has 238 valence electrons. The molecule has 4 heterocycles. The summed E-state index contributed by atoms with van der Waals surface area (Å²) in [6.45, 7) is 12.0. The molecule has 3 aliphatic rings. The van der Waals surface area contributed by atoms with E-state index in [1.165, 1.54) is 43.6 Å². The Morgan fingerprint density at radius 3 is 1.59 bits per heavy atom. The van der Waals surface area contributed by atoms with E-state index in [4.69, 9.17) is 16.6 Å². The number of fused-ring (bicyclic) bond motifs is 9. The Morgan fingerprint density at radius 2 is 1.14 bits per heavy atom. The lowest BCUT2D eigenvalue weighted by atomic mass is 9.84. The molecule has 6 aromatic rings. The third kappa shape index (κ3) is 4.17. The van der Waals surface area contributed by atoms with Gasteiger partial charge in [-0.3, -0.25) is 9.59 Å². The highest BCUT2D eigenvalue weighted by molar-refractivity contribution is 7.36. The SMILES string of the molecule is [C-]#[N+]C(C#N)=C1C(=Nc2cc3sc4c(c3s2)C(C)(C)c2c-4sc3cc(N=C4C(=O)c5ccccc5C4=C(C#N)C#N)sc23)C(=O)c2ccccc21. The zero-order valence-corrected chi connectivity index (χ0v) is 29.7. The fourth-order valence-corrected chi connectivity index (χ4v) is 13.0. The van der Waals surface area contributed by atoms with Gasteiger partial charge in [-0.25, -0.2) is 20.1 Å². The second-order valence-electron chi connectivity index (χ2n) is 12.4. The van der Waals surface area contributed by atoms with Crippen LogP contribution in [0.5, 0.6) is 0 Å². The molecule has 0 amide bonds. The predicted octanol–water partition coefficient (Wildman–Crippen LogP) is 10.4. The van der Waals surface area contributed by atoms with E-state index >= 15 is 0 Å². The zero-order chi connectivity index (χ0) is 35.3. The second-order valence-corrected chi connectivity index (χ2v) is 16.6. The van der Waals surface area contributed by atoms with Crippen molar-refractivity contribution in [3.8, 4) is 28.0 Å². The van der Waals surface area contributed by atoms with Gasteiger partial charge in [0.1, 0.15) is 39.1 Å². The first-order chi connectivity index (χ1) is 24.7. The van der Waals surface area contributed by atoms with Crippen LogP contribution < -0.4 is 0 Å². The standard InChI is InChI=1S/C39H16N6O2S4/c1-39(2)29-35-23(12-25(50-35)44-31-27(17(14-40)15-41)18-8-4-6-10-20(18)33(31)46)48-37(29)38-30(39)36-24(49-38)13-26(51-36)45-32-28(22(16-42)43-3)19-9-5-7-11-21(19)34(32)47/h4-13H,1-2H3. The van der Waals surface area contributed by atoms with Gasteiger partial charge in [0.05, 0.1) is 31.8 Å². The lowest BCUT2D eigenvalue weighted by Gasteiger charge is -2.19. The highest BCUT2D eigenvalue weighted by atomic mass is 32.1. The molecule has 0 atom stereocenters. The summed E-state index contributed by atoms with van der Waals surface area (Å²) in [5.41, 5.74) is 4.41. The maximum atomic E-state index is 13.5. The molecule has 2 aromatic carbocycles. The monoisotopic (exact) mass is 728 g/mol. The molecule has 9 rings (SSSR count). The zero-order valence-electron chi connectivity index (χ0n) is 26.4. The van der Waals surface area contributed by atoms with Crippen LogP contribution in [0, 0.1) is 40.6 Å². The summed E-state index contributed by atoms with van der Waals surface area (Å²) in [6, 6.07) is 23.7. The molecule has 0 spiro atoms. The third-order valence-corrected chi connectivity index (χ3v) is 14.1. The molecule has 0 bridgehead atoms. The Labute approximate surface area is 305 Å². The van der Waals surface area contributed by atoms with E-state index in [1.54, 1.807) is 71.2 Å². The fourth-order valence-electron chi connectivity index (χ4n) is 7.18. The van der Waals surface area contributed by atoms with Crippen molar-refractivity contribution in [3.05, 3.63) is 117 Å². The molecule has 0 saturated carbocycles. The summed E-state index contributed by atoms with van der Waals surface area (Å²) in [4.78, 5) is 42.3. The number of allylic oxidation sites excluding steroid dienone is 4. The Morgan fingerprint density at radius 1 is 0.686 bits per heavy atom. The summed E-state index contributed by atoms with van der Waals surface area (Å²) in [5, 5.41) is 30.4. The maximum absolute atomic E-state index is 13.5. The van der Waals surface area contributed by atoms with Crippen LogP contribution >= 0.6 is 45.3 Å². The van der Waals surface area contributed by atoms with Crippen molar-refractivity contribution in [1.82, 2.24) is 0 Å². The number of ketones is 2. The first-order valence-electron chi connectivity index (χ1n) is 15.4. The van der Waals surface area contributed by atoms with Crippen LogP contribution in [0.2, 0.25) is 0 Å². The number of hydrogen-bond acceptors (Lipinski definition) is 11. The molecular weight excluding hydrogens is 713 g/mol. The van der Waals surface area contributed by atoms with Crippen LogP contribution in [0.4, 0.5) is 10.0 Å². The van der Waals surface area contributed by atoms with Crippen molar-refractivity contribution in [2.75, 3.05) is 0 Å². The number of nitrogens with zero attached hydrogens (tertiary/aromatic N) is 6. The third-order valence-electron chi connectivity index (χ3n) is 9.32. The van der Waals surface area contributed by atoms with Crippen LogP contribution in [-0.2, 0) is 5.41 Å². The van der Waals surface area contributed by atoms with Gasteiger partial charge in [0.15, 0.2) is 0 Å². The maximum Gasteiger partial charge on any atom is 0.271 e. The fraction of sp³-hybridized carbons (Fsp3) is 0.0769. The molecule has 0 saturated heterocycles. The van der Waals surface area contributed by atoms with Crippen LogP contribution in [0.3, 0.4) is 0 Å². The number of benzene rings is 2. The summed E-state index contributed by atoms with van der Waals surface area (Å²) in [6.07, 6.45) is 0. The molecule has 0 N–H and O–H groups in total. The van der Waals surface area contributed by atoms with Crippen LogP contribution in [0.15, 0.2) is 81.9 Å². The highest BCUT2D eigenvalue weighted by Crippen LogP contribution is 2.63. The van der Waals surface area contributed by atoms with Gasteiger partial charge in [0.25, 0.3) is 5.70 Å². The Bertz CT molecular complexity index is 2750. The summed E-state index contributed by atoms with van der Waals surface area (Å²) in [5.74, 6) is -0.612. The number of carbonyl (C=O) groups excluding carboxylic acids is 2. The minimum Gasteiger partial charge on any atom is -0.287 e. The van der Waals surface area contributed by atoms with E-state index in [0.717, 1.165) is 18.8 Å². The first kappa shape index (κ1) is 30.9. The van der Waals surface area contributed by atoms with Gasteiger partial charge in [-0.1, -0.05) is 62.4 Å². The number of Topliss-reactive ketones (excluding diaryl/α,β-unsaturated/α-hetero) is 2. The summed E-state index contributed by atoms with van der Waals surface area (Å²) in [7, 11) is 0. The number of rotatable bonds is 2. The van der Waals surface area contributed by atoms with Crippen molar-refractivity contribution in [2.45, 2.75) is 19.3 Å². The largest absolute Gasteiger partial charge is 0.287 e. The number of nitriles is 3. The topological polar surface area (TPSA) is 135 Å². The lowest BCUT2D eigenvalue weighted by molar-refractivity contribution is 0.106. The van der Waals surface area contributed by atoms with E-state index in [2.05, 4.69) is 18.7 Å². The van der Waals surface area contributed by atoms with Crippen LogP contribution in [0.25, 0.3) is 44.5 Å². The lowest BCUT2D eigenvalue weighted by Crippen LogP contribution is -2.14. The Balaban J connectivity index is 1.13. The van der Waals surface area contributed by atoms with Crippen molar-refractivity contribution in [1.29, 1.82) is 15.8 Å². The number of thiophene rings is 4. The van der Waals surface area contributed by atoms with E-state index in [-0.39, 0.29) is 50.8 Å². The van der Waals surface area contributed by atoms with Crippen molar-refractivity contribution < 1.29 is 9.59 Å². The van der Waals surface area contributed by atoms with Crippen LogP contribution in [0.1, 0.15) is 56.8 Å². The van der Waals surface area contributed by atoms with Crippen molar-refractivity contribution >= 4 is 108 Å². The smallest absolute Gasteiger partial charge is 0.271 e. The minimum atomic E-state index is -0.381. The van der Waals surface area contributed by atoms with Gasteiger partial charge in [-0.15, -0.1) is 45.3 Å². The Hall–Kier alpha value is -6.12. The van der Waals surface area contributed by atoms with Crippen LogP contribution in [-0.4, -0.2) is 23.0 Å². The quantitative estimate of drug-likeness (QED) is 0.129. The molecule has 12 heteroatoms. The van der Waals surface area contributed by atoms with E-state index in [1.807, 2.05) is 30.3 Å².